The van der Waals surface area contributed by atoms with Crippen molar-refractivity contribution in [1.82, 2.24) is 15.5 Å². The van der Waals surface area contributed by atoms with Crippen LogP contribution < -0.4 is 5.32 Å². The second kappa shape index (κ2) is 3.87. The largest absolute Gasteiger partial charge is 0.307 e. The van der Waals surface area contributed by atoms with Gasteiger partial charge in [0.1, 0.15) is 6.17 Å². The first-order valence-electron chi connectivity index (χ1n) is 4.71. The molecule has 0 aliphatic heterocycles. The van der Waals surface area contributed by atoms with Gasteiger partial charge in [-0.2, -0.15) is 5.10 Å². The van der Waals surface area contributed by atoms with Crippen LogP contribution in [0.4, 0.5) is 4.39 Å². The highest BCUT2D eigenvalue weighted by molar-refractivity contribution is 5.02. The Hall–Kier alpha value is -0.900. The van der Waals surface area contributed by atoms with Crippen LogP contribution in [0.5, 0.6) is 0 Å². The second-order valence-electron chi connectivity index (χ2n) is 3.54. The summed E-state index contributed by atoms with van der Waals surface area (Å²) in [6.45, 7) is 0.710. The molecule has 13 heavy (non-hydrogen) atoms. The van der Waals surface area contributed by atoms with Gasteiger partial charge in [-0.05, 0) is 19.3 Å². The average Bonchev–Trinajstić information content (AvgIpc) is 2.72. The van der Waals surface area contributed by atoms with Crippen LogP contribution in [0.25, 0.3) is 0 Å². The van der Waals surface area contributed by atoms with Crippen molar-refractivity contribution in [1.29, 1.82) is 0 Å². The number of aromatic amines is 1. The summed E-state index contributed by atoms with van der Waals surface area (Å²) < 4.78 is 13.1. The third kappa shape index (κ3) is 2.06. The van der Waals surface area contributed by atoms with Crippen LogP contribution in [0.3, 0.4) is 0 Å². The normalized spacial score (nSPS) is 28.1. The maximum absolute atomic E-state index is 13.1. The highest BCUT2D eigenvalue weighted by Crippen LogP contribution is 2.22. The monoisotopic (exact) mass is 183 g/mol. The lowest BCUT2D eigenvalue weighted by molar-refractivity contribution is 0.279. The molecular weight excluding hydrogens is 169 g/mol. The molecule has 1 aliphatic rings. The maximum Gasteiger partial charge on any atom is 0.115 e. The Balaban J connectivity index is 1.79. The van der Waals surface area contributed by atoms with Gasteiger partial charge in [-0.1, -0.05) is 0 Å². The number of hydrogen-bond donors (Lipinski definition) is 2. The molecule has 0 amide bonds. The molecule has 1 fully saturated rings. The van der Waals surface area contributed by atoms with Crippen molar-refractivity contribution < 1.29 is 4.39 Å². The quantitative estimate of drug-likeness (QED) is 0.743. The van der Waals surface area contributed by atoms with Crippen molar-refractivity contribution in [3.8, 4) is 0 Å². The molecule has 0 saturated heterocycles. The van der Waals surface area contributed by atoms with Crippen LogP contribution in [-0.2, 0) is 6.54 Å². The zero-order valence-corrected chi connectivity index (χ0v) is 7.46. The summed E-state index contributed by atoms with van der Waals surface area (Å²) in [6.07, 6.45) is 5.60. The number of nitrogens with one attached hydrogen (secondary N) is 2. The lowest BCUT2D eigenvalue weighted by atomic mass is 10.2. The van der Waals surface area contributed by atoms with Crippen LogP contribution in [0.15, 0.2) is 12.4 Å². The first-order valence-corrected chi connectivity index (χ1v) is 4.71. The summed E-state index contributed by atoms with van der Waals surface area (Å²) in [5.74, 6) is 0. The van der Waals surface area contributed by atoms with Crippen molar-refractivity contribution in [2.75, 3.05) is 0 Å². The summed E-state index contributed by atoms with van der Waals surface area (Å²) >= 11 is 0. The number of aromatic nitrogens is 2. The number of H-pyrrole nitrogens is 1. The first-order chi connectivity index (χ1) is 6.36. The number of hydrogen-bond acceptors (Lipinski definition) is 2. The van der Waals surface area contributed by atoms with E-state index in [2.05, 4.69) is 15.5 Å². The van der Waals surface area contributed by atoms with Crippen LogP contribution in [-0.4, -0.2) is 22.4 Å². The minimum atomic E-state index is -0.660. The van der Waals surface area contributed by atoms with Gasteiger partial charge in [0.25, 0.3) is 0 Å². The first kappa shape index (κ1) is 8.69. The Morgan fingerprint density at radius 1 is 1.62 bits per heavy atom. The summed E-state index contributed by atoms with van der Waals surface area (Å²) in [6, 6.07) is 0.0508. The average molecular weight is 183 g/mol. The van der Waals surface area contributed by atoms with Gasteiger partial charge >= 0.3 is 0 Å². The van der Waals surface area contributed by atoms with Gasteiger partial charge in [0, 0.05) is 24.3 Å². The zero-order valence-electron chi connectivity index (χ0n) is 7.46. The van der Waals surface area contributed by atoms with Gasteiger partial charge < -0.3 is 5.32 Å². The lowest BCUT2D eigenvalue weighted by Crippen LogP contribution is -2.32. The minimum Gasteiger partial charge on any atom is -0.307 e. The minimum absolute atomic E-state index is 0.0508. The summed E-state index contributed by atoms with van der Waals surface area (Å²) in [5.41, 5.74) is 1.08. The Morgan fingerprint density at radius 3 is 3.15 bits per heavy atom. The molecule has 1 aliphatic carbocycles. The molecule has 1 aromatic heterocycles. The summed E-state index contributed by atoms with van der Waals surface area (Å²) in [4.78, 5) is 0. The molecule has 0 unspecified atom stereocenters. The van der Waals surface area contributed by atoms with Crippen LogP contribution in [0.2, 0.25) is 0 Å². The van der Waals surface area contributed by atoms with Gasteiger partial charge in [0.05, 0.1) is 6.20 Å². The molecule has 0 radical (unpaired) electrons. The molecule has 2 rings (SSSR count). The molecule has 4 heteroatoms. The van der Waals surface area contributed by atoms with Crippen molar-refractivity contribution in [2.24, 2.45) is 0 Å². The van der Waals surface area contributed by atoms with Crippen molar-refractivity contribution in [2.45, 2.75) is 38.0 Å². The van der Waals surface area contributed by atoms with E-state index in [9.17, 15) is 4.39 Å². The van der Waals surface area contributed by atoms with Gasteiger partial charge in [-0.25, -0.2) is 4.39 Å². The van der Waals surface area contributed by atoms with E-state index in [1.807, 2.05) is 6.20 Å². The lowest BCUT2D eigenvalue weighted by Gasteiger charge is -2.13. The Labute approximate surface area is 76.7 Å². The van der Waals surface area contributed by atoms with Crippen LogP contribution in [0.1, 0.15) is 24.8 Å². The van der Waals surface area contributed by atoms with E-state index in [4.69, 9.17) is 0 Å². The number of alkyl halides is 1. The molecule has 1 aromatic rings. The fourth-order valence-electron chi connectivity index (χ4n) is 1.77. The Kier molecular flexibility index (Phi) is 2.59. The smallest absolute Gasteiger partial charge is 0.115 e. The van der Waals surface area contributed by atoms with Crippen LogP contribution >= 0.6 is 0 Å². The second-order valence-corrected chi connectivity index (χ2v) is 3.54. The standard InChI is InChI=1S/C9H14FN3/c10-8-2-1-3-9(8)11-4-7-5-12-13-6-7/h5-6,8-9,11H,1-4H2,(H,12,13)/t8-,9+/m0/s1. The Morgan fingerprint density at radius 2 is 2.54 bits per heavy atom. The highest BCUT2D eigenvalue weighted by Gasteiger charge is 2.25. The highest BCUT2D eigenvalue weighted by atomic mass is 19.1. The van der Waals surface area contributed by atoms with Gasteiger partial charge in [0.15, 0.2) is 0 Å². The number of rotatable bonds is 3. The van der Waals surface area contributed by atoms with E-state index in [0.29, 0.717) is 13.0 Å². The molecule has 72 valence electrons. The van der Waals surface area contributed by atoms with E-state index in [-0.39, 0.29) is 6.04 Å². The zero-order chi connectivity index (χ0) is 9.10. The fourth-order valence-corrected chi connectivity index (χ4v) is 1.77. The predicted molar refractivity (Wildman–Crippen MR) is 48.0 cm³/mol. The van der Waals surface area contributed by atoms with Crippen LogP contribution in [0, 0.1) is 0 Å². The molecular formula is C9H14FN3. The van der Waals surface area contributed by atoms with Crippen molar-refractivity contribution in [3.05, 3.63) is 18.0 Å². The summed E-state index contributed by atoms with van der Waals surface area (Å²) in [7, 11) is 0. The molecule has 1 saturated carbocycles. The molecule has 2 N–H and O–H groups in total. The SMILES string of the molecule is F[C@H]1CCC[C@H]1NCc1cn[nH]c1. The number of nitrogens with zero attached hydrogens (tertiary/aromatic N) is 1. The van der Waals surface area contributed by atoms with Gasteiger partial charge in [-0.3, -0.25) is 5.10 Å². The third-order valence-corrected chi connectivity index (χ3v) is 2.55. The fraction of sp³-hybridized carbons (Fsp3) is 0.667. The molecule has 0 aromatic carbocycles. The van der Waals surface area contributed by atoms with Crippen molar-refractivity contribution in [3.63, 3.8) is 0 Å². The maximum atomic E-state index is 13.1. The topological polar surface area (TPSA) is 40.7 Å². The molecule has 3 nitrogen and oxygen atoms in total. The van der Waals surface area contributed by atoms with E-state index >= 15 is 0 Å². The van der Waals surface area contributed by atoms with Crippen molar-refractivity contribution >= 4 is 0 Å². The molecule has 0 bridgehead atoms. The Bertz CT molecular complexity index is 247. The summed E-state index contributed by atoms with van der Waals surface area (Å²) in [5, 5.41) is 9.76. The molecule has 1 heterocycles. The van der Waals surface area contributed by atoms with Gasteiger partial charge in [0.2, 0.25) is 0 Å². The van der Waals surface area contributed by atoms with E-state index < -0.39 is 6.17 Å². The van der Waals surface area contributed by atoms with Gasteiger partial charge in [-0.15, -0.1) is 0 Å². The third-order valence-electron chi connectivity index (χ3n) is 2.55. The number of halogens is 1. The predicted octanol–water partition coefficient (Wildman–Crippen LogP) is 1.39. The van der Waals surface area contributed by atoms with E-state index in [0.717, 1.165) is 18.4 Å². The molecule has 0 spiro atoms. The van der Waals surface area contributed by atoms with E-state index in [1.54, 1.807) is 6.20 Å². The van der Waals surface area contributed by atoms with E-state index in [1.165, 1.54) is 0 Å². The molecule has 2 atom stereocenters.